The molecule has 0 radical (unpaired) electrons. The number of ketones is 1. The Morgan fingerprint density at radius 3 is 2.40 bits per heavy atom. The molecule has 6 nitrogen and oxygen atoms in total. The van der Waals surface area contributed by atoms with Gasteiger partial charge in [0.2, 0.25) is 15.9 Å². The second kappa shape index (κ2) is 9.41. The first-order valence-corrected chi connectivity index (χ1v) is 12.5. The summed E-state index contributed by atoms with van der Waals surface area (Å²) in [7, 11) is -3.69. The van der Waals surface area contributed by atoms with Crippen molar-refractivity contribution in [2.45, 2.75) is 44.6 Å². The number of nitrogens with one attached hydrogen (secondary N) is 1. The van der Waals surface area contributed by atoms with Crippen molar-refractivity contribution >= 4 is 33.1 Å². The molecule has 1 N–H and O–H groups in total. The van der Waals surface area contributed by atoms with E-state index in [0.717, 1.165) is 4.88 Å². The van der Waals surface area contributed by atoms with E-state index >= 15 is 0 Å². The van der Waals surface area contributed by atoms with Crippen LogP contribution >= 0.6 is 11.3 Å². The van der Waals surface area contributed by atoms with Crippen LogP contribution in [0.15, 0.2) is 46.7 Å². The first-order valence-electron chi connectivity index (χ1n) is 10.1. The third kappa shape index (κ3) is 4.99. The highest BCUT2D eigenvalue weighted by atomic mass is 32.2. The van der Waals surface area contributed by atoms with Crippen LogP contribution in [-0.2, 0) is 14.8 Å². The number of sulfonamides is 1. The predicted molar refractivity (Wildman–Crippen MR) is 118 cm³/mol. The van der Waals surface area contributed by atoms with E-state index in [1.165, 1.54) is 23.4 Å². The number of Topliss-reactive ketones (excluding diaryl/α,β-unsaturated/α-hetero) is 1. The molecule has 1 aromatic heterocycles. The van der Waals surface area contributed by atoms with E-state index in [9.17, 15) is 18.0 Å². The summed E-state index contributed by atoms with van der Waals surface area (Å²) >= 11 is 1.63. The van der Waals surface area contributed by atoms with Crippen LogP contribution in [0.3, 0.4) is 0 Å². The summed E-state index contributed by atoms with van der Waals surface area (Å²) in [5.41, 5.74) is 0.374. The number of hydrogen-bond acceptors (Lipinski definition) is 5. The van der Waals surface area contributed by atoms with Gasteiger partial charge in [-0.1, -0.05) is 32.0 Å². The normalized spacial score (nSPS) is 17.1. The van der Waals surface area contributed by atoms with Gasteiger partial charge in [-0.25, -0.2) is 8.42 Å². The van der Waals surface area contributed by atoms with E-state index in [0.29, 0.717) is 18.4 Å². The lowest BCUT2D eigenvalue weighted by Crippen LogP contribution is -2.44. The fourth-order valence-corrected chi connectivity index (χ4v) is 6.15. The molecule has 162 valence electrons. The number of benzene rings is 1. The molecule has 1 unspecified atom stereocenters. The summed E-state index contributed by atoms with van der Waals surface area (Å²) in [6.07, 6.45) is 0.958. The van der Waals surface area contributed by atoms with Crippen LogP contribution in [0, 0.1) is 11.8 Å². The highest BCUT2D eigenvalue weighted by molar-refractivity contribution is 7.89. The summed E-state index contributed by atoms with van der Waals surface area (Å²) in [5.74, 6) is -0.131. The van der Waals surface area contributed by atoms with Gasteiger partial charge in [0.05, 0.1) is 10.9 Å². The van der Waals surface area contributed by atoms with E-state index < -0.39 is 10.0 Å². The Bertz CT molecular complexity index is 992. The number of nitrogens with zero attached hydrogens (tertiary/aromatic N) is 1. The van der Waals surface area contributed by atoms with Crippen LogP contribution in [0.5, 0.6) is 0 Å². The number of carbonyl (C=O) groups is 2. The number of hydrogen-bond donors (Lipinski definition) is 1. The molecular formula is C22H28N2O4S2. The van der Waals surface area contributed by atoms with Crippen LogP contribution in [-0.4, -0.2) is 37.5 Å². The average molecular weight is 449 g/mol. The second-order valence-electron chi connectivity index (χ2n) is 8.01. The van der Waals surface area contributed by atoms with Gasteiger partial charge in [0.1, 0.15) is 0 Å². The molecule has 0 saturated carbocycles. The number of amides is 1. The zero-order valence-corrected chi connectivity index (χ0v) is 19.1. The topological polar surface area (TPSA) is 83.6 Å². The summed E-state index contributed by atoms with van der Waals surface area (Å²) in [5, 5.41) is 5.16. The molecule has 0 bridgehead atoms. The number of carbonyl (C=O) groups excluding carboxylic acids is 2. The minimum Gasteiger partial charge on any atom is -0.348 e. The van der Waals surface area contributed by atoms with Gasteiger partial charge in [0.25, 0.3) is 0 Å². The van der Waals surface area contributed by atoms with E-state index in [1.54, 1.807) is 23.5 Å². The summed E-state index contributed by atoms with van der Waals surface area (Å²) in [6, 6.07) is 10.1. The van der Waals surface area contributed by atoms with Gasteiger partial charge in [-0.2, -0.15) is 4.31 Å². The van der Waals surface area contributed by atoms with Gasteiger partial charge < -0.3 is 5.32 Å². The first-order chi connectivity index (χ1) is 14.2. The maximum Gasteiger partial charge on any atom is 0.243 e. The van der Waals surface area contributed by atoms with Crippen molar-refractivity contribution < 1.29 is 18.0 Å². The van der Waals surface area contributed by atoms with Crippen molar-refractivity contribution in [3.63, 3.8) is 0 Å². The molecule has 1 aliphatic rings. The predicted octanol–water partition coefficient (Wildman–Crippen LogP) is 3.86. The van der Waals surface area contributed by atoms with Crippen LogP contribution in [0.2, 0.25) is 0 Å². The average Bonchev–Trinajstić information content (AvgIpc) is 3.26. The standard InChI is InChI=1S/C22H28N2O4S2/c1-15(2)21(20-8-5-13-29-20)23-22(26)17-9-11-24(12-10-17)30(27,28)19-7-4-6-18(14-19)16(3)25/h4-8,13-15,17,21H,9-12H2,1-3H3,(H,23,26). The number of piperidine rings is 1. The Morgan fingerprint density at radius 2 is 1.83 bits per heavy atom. The van der Waals surface area contributed by atoms with Gasteiger partial charge in [-0.05, 0) is 49.3 Å². The molecule has 30 heavy (non-hydrogen) atoms. The molecule has 1 aliphatic heterocycles. The highest BCUT2D eigenvalue weighted by Crippen LogP contribution is 2.28. The zero-order valence-electron chi connectivity index (χ0n) is 17.5. The van der Waals surface area contributed by atoms with Crippen molar-refractivity contribution in [2.75, 3.05) is 13.1 Å². The van der Waals surface area contributed by atoms with Crippen molar-refractivity contribution in [3.8, 4) is 0 Å². The third-order valence-corrected chi connectivity index (χ3v) is 8.37. The molecule has 1 atom stereocenters. The zero-order chi connectivity index (χ0) is 21.9. The van der Waals surface area contributed by atoms with Crippen molar-refractivity contribution in [1.29, 1.82) is 0 Å². The van der Waals surface area contributed by atoms with Crippen LogP contribution < -0.4 is 5.32 Å². The molecule has 0 aliphatic carbocycles. The van der Waals surface area contributed by atoms with E-state index in [4.69, 9.17) is 0 Å². The molecule has 2 aromatic rings. The molecule has 1 aromatic carbocycles. The van der Waals surface area contributed by atoms with Gasteiger partial charge in [0, 0.05) is 29.4 Å². The third-order valence-electron chi connectivity index (χ3n) is 5.52. The summed E-state index contributed by atoms with van der Waals surface area (Å²) in [4.78, 5) is 25.7. The van der Waals surface area contributed by atoms with E-state index in [1.807, 2.05) is 17.5 Å². The summed E-state index contributed by atoms with van der Waals surface area (Å²) < 4.78 is 27.4. The smallest absolute Gasteiger partial charge is 0.243 e. The summed E-state index contributed by atoms with van der Waals surface area (Å²) in [6.45, 7) is 6.15. The molecular weight excluding hydrogens is 420 g/mol. The largest absolute Gasteiger partial charge is 0.348 e. The molecule has 8 heteroatoms. The lowest BCUT2D eigenvalue weighted by atomic mass is 9.95. The lowest BCUT2D eigenvalue weighted by Gasteiger charge is -2.32. The maximum absolute atomic E-state index is 13.0. The van der Waals surface area contributed by atoms with Gasteiger partial charge in [-0.15, -0.1) is 11.3 Å². The Hall–Kier alpha value is -2.03. The maximum atomic E-state index is 13.0. The molecule has 1 saturated heterocycles. The minimum atomic E-state index is -3.69. The quantitative estimate of drug-likeness (QED) is 0.652. The Labute approximate surface area is 182 Å². The minimum absolute atomic E-state index is 0.0160. The molecule has 2 heterocycles. The monoisotopic (exact) mass is 448 g/mol. The molecule has 1 amide bonds. The van der Waals surface area contributed by atoms with Crippen LogP contribution in [0.1, 0.15) is 54.9 Å². The van der Waals surface area contributed by atoms with Crippen molar-refractivity contribution in [1.82, 2.24) is 9.62 Å². The molecule has 1 fully saturated rings. The van der Waals surface area contributed by atoms with Gasteiger partial charge >= 0.3 is 0 Å². The molecule has 0 spiro atoms. The van der Waals surface area contributed by atoms with E-state index in [2.05, 4.69) is 19.2 Å². The SMILES string of the molecule is CC(=O)c1cccc(S(=O)(=O)N2CCC(C(=O)NC(c3cccs3)C(C)C)CC2)c1. The Morgan fingerprint density at radius 1 is 1.13 bits per heavy atom. The van der Waals surface area contributed by atoms with Gasteiger partial charge in [-0.3, -0.25) is 9.59 Å². The number of thiophene rings is 1. The Balaban J connectivity index is 1.64. The lowest BCUT2D eigenvalue weighted by molar-refractivity contribution is -0.127. The van der Waals surface area contributed by atoms with Crippen molar-refractivity contribution in [3.05, 3.63) is 52.2 Å². The van der Waals surface area contributed by atoms with Crippen molar-refractivity contribution in [2.24, 2.45) is 11.8 Å². The highest BCUT2D eigenvalue weighted by Gasteiger charge is 2.33. The second-order valence-corrected chi connectivity index (χ2v) is 10.9. The van der Waals surface area contributed by atoms with E-state index in [-0.39, 0.29) is 47.6 Å². The Kier molecular flexibility index (Phi) is 7.10. The van der Waals surface area contributed by atoms with Crippen LogP contribution in [0.4, 0.5) is 0 Å². The van der Waals surface area contributed by atoms with Crippen LogP contribution in [0.25, 0.3) is 0 Å². The van der Waals surface area contributed by atoms with Gasteiger partial charge in [0.15, 0.2) is 5.78 Å². The molecule has 3 rings (SSSR count). The number of rotatable bonds is 7. The first kappa shape index (κ1) is 22.7. The fourth-order valence-electron chi connectivity index (χ4n) is 3.69. The fraction of sp³-hybridized carbons (Fsp3) is 0.455.